The molecule has 0 aromatic heterocycles. The van der Waals surface area contributed by atoms with Gasteiger partial charge in [-0.3, -0.25) is 4.79 Å². The molecule has 3 nitrogen and oxygen atoms in total. The van der Waals surface area contributed by atoms with Crippen molar-refractivity contribution in [2.75, 3.05) is 6.61 Å². The summed E-state index contributed by atoms with van der Waals surface area (Å²) in [4.78, 5) is 10.2. The third kappa shape index (κ3) is 3.18. The van der Waals surface area contributed by atoms with Crippen molar-refractivity contribution in [1.29, 1.82) is 0 Å². The molecule has 3 heteroatoms. The molecule has 0 saturated heterocycles. The van der Waals surface area contributed by atoms with Crippen LogP contribution in [0, 0.1) is 0 Å². The molecule has 1 radical (unpaired) electrons. The van der Waals surface area contributed by atoms with E-state index >= 15 is 0 Å². The van der Waals surface area contributed by atoms with E-state index in [2.05, 4.69) is 0 Å². The van der Waals surface area contributed by atoms with Crippen molar-refractivity contribution in [3.63, 3.8) is 0 Å². The topological polar surface area (TPSA) is 52.3 Å². The van der Waals surface area contributed by atoms with Gasteiger partial charge in [-0.1, -0.05) is 12.1 Å². The SMILES string of the molecule is CCOc1ccc(CC(N)[C]=O)cc1. The maximum Gasteiger partial charge on any atom is 0.217 e. The van der Waals surface area contributed by atoms with E-state index in [9.17, 15) is 4.79 Å². The Hall–Kier alpha value is -1.35. The number of hydrogen-bond donors (Lipinski definition) is 1. The van der Waals surface area contributed by atoms with Crippen LogP contribution < -0.4 is 10.5 Å². The van der Waals surface area contributed by atoms with Crippen LogP contribution in [0.5, 0.6) is 5.75 Å². The van der Waals surface area contributed by atoms with Gasteiger partial charge in [0.1, 0.15) is 5.75 Å². The molecular formula is C11H14NO2. The van der Waals surface area contributed by atoms with E-state index in [0.717, 1.165) is 11.3 Å². The lowest BCUT2D eigenvalue weighted by Crippen LogP contribution is -2.23. The number of nitrogens with two attached hydrogens (primary N) is 1. The lowest BCUT2D eigenvalue weighted by Gasteiger charge is -2.05. The average molecular weight is 192 g/mol. The van der Waals surface area contributed by atoms with E-state index in [-0.39, 0.29) is 0 Å². The zero-order valence-electron chi connectivity index (χ0n) is 8.19. The molecule has 1 aromatic rings. The molecule has 1 rings (SSSR count). The molecule has 0 aliphatic carbocycles. The van der Waals surface area contributed by atoms with Gasteiger partial charge in [-0.25, -0.2) is 0 Å². The summed E-state index contributed by atoms with van der Waals surface area (Å²) in [5.74, 6) is 0.833. The van der Waals surface area contributed by atoms with Crippen molar-refractivity contribution in [2.24, 2.45) is 5.73 Å². The van der Waals surface area contributed by atoms with Crippen LogP contribution in [0.2, 0.25) is 0 Å². The second-order valence-corrected chi connectivity index (χ2v) is 3.01. The highest BCUT2D eigenvalue weighted by Gasteiger charge is 2.02. The smallest absolute Gasteiger partial charge is 0.217 e. The zero-order valence-corrected chi connectivity index (χ0v) is 8.19. The number of benzene rings is 1. The third-order valence-electron chi connectivity index (χ3n) is 1.84. The molecule has 1 aromatic carbocycles. The minimum atomic E-state index is -0.534. The van der Waals surface area contributed by atoms with Gasteiger partial charge in [-0.15, -0.1) is 0 Å². The van der Waals surface area contributed by atoms with E-state index in [1.807, 2.05) is 31.2 Å². The zero-order chi connectivity index (χ0) is 10.4. The van der Waals surface area contributed by atoms with Crippen LogP contribution >= 0.6 is 0 Å². The van der Waals surface area contributed by atoms with Gasteiger partial charge < -0.3 is 10.5 Å². The third-order valence-corrected chi connectivity index (χ3v) is 1.84. The highest BCUT2D eigenvalue weighted by atomic mass is 16.5. The van der Waals surface area contributed by atoms with Gasteiger partial charge in [0.2, 0.25) is 6.29 Å². The minimum absolute atomic E-state index is 0.524. The first-order valence-electron chi connectivity index (χ1n) is 4.61. The van der Waals surface area contributed by atoms with Gasteiger partial charge in [-0.05, 0) is 31.0 Å². The van der Waals surface area contributed by atoms with E-state index in [1.165, 1.54) is 0 Å². The first-order valence-corrected chi connectivity index (χ1v) is 4.61. The maximum absolute atomic E-state index is 10.2. The van der Waals surface area contributed by atoms with Crippen LogP contribution in [-0.2, 0) is 11.2 Å². The molecule has 0 aliphatic rings. The summed E-state index contributed by atoms with van der Waals surface area (Å²) in [5, 5.41) is 0. The van der Waals surface area contributed by atoms with E-state index in [0.29, 0.717) is 13.0 Å². The summed E-state index contributed by atoms with van der Waals surface area (Å²) in [5.41, 5.74) is 6.46. The lowest BCUT2D eigenvalue weighted by atomic mass is 10.1. The molecule has 14 heavy (non-hydrogen) atoms. The van der Waals surface area contributed by atoms with E-state index in [1.54, 1.807) is 6.29 Å². The minimum Gasteiger partial charge on any atom is -0.494 e. The van der Waals surface area contributed by atoms with Crippen molar-refractivity contribution in [3.8, 4) is 5.75 Å². The van der Waals surface area contributed by atoms with Gasteiger partial charge in [0.25, 0.3) is 0 Å². The summed E-state index contributed by atoms with van der Waals surface area (Å²) in [6.07, 6.45) is 2.27. The molecule has 75 valence electrons. The van der Waals surface area contributed by atoms with Gasteiger partial charge in [0.05, 0.1) is 12.6 Å². The fourth-order valence-electron chi connectivity index (χ4n) is 1.18. The summed E-state index contributed by atoms with van der Waals surface area (Å²) in [6, 6.07) is 7.02. The molecule has 0 fully saturated rings. The van der Waals surface area contributed by atoms with Gasteiger partial charge in [0, 0.05) is 0 Å². The predicted molar refractivity (Wildman–Crippen MR) is 55.0 cm³/mol. The second kappa shape index (κ2) is 5.40. The standard InChI is InChI=1S/C11H14NO2/c1-2-14-11-5-3-9(4-6-11)7-10(12)8-13/h3-6,10H,2,7,12H2,1H3. The summed E-state index contributed by atoms with van der Waals surface area (Å²) in [7, 11) is 0. The van der Waals surface area contributed by atoms with Crippen molar-refractivity contribution in [1.82, 2.24) is 0 Å². The van der Waals surface area contributed by atoms with Crippen LogP contribution in [0.3, 0.4) is 0 Å². The fourth-order valence-corrected chi connectivity index (χ4v) is 1.18. The largest absolute Gasteiger partial charge is 0.494 e. The van der Waals surface area contributed by atoms with Crippen LogP contribution in [0.25, 0.3) is 0 Å². The molecule has 1 unspecified atom stereocenters. The Kier molecular flexibility index (Phi) is 4.13. The summed E-state index contributed by atoms with van der Waals surface area (Å²) < 4.78 is 5.28. The van der Waals surface area contributed by atoms with Crippen molar-refractivity contribution in [2.45, 2.75) is 19.4 Å². The molecule has 0 aliphatic heterocycles. The fraction of sp³-hybridized carbons (Fsp3) is 0.364. The second-order valence-electron chi connectivity index (χ2n) is 3.01. The Balaban J connectivity index is 2.59. The van der Waals surface area contributed by atoms with Crippen LogP contribution in [0.4, 0.5) is 0 Å². The molecule has 0 bridgehead atoms. The Labute approximate surface area is 83.9 Å². The van der Waals surface area contributed by atoms with Crippen LogP contribution in [0.15, 0.2) is 24.3 Å². The molecule has 0 heterocycles. The molecule has 2 N–H and O–H groups in total. The highest BCUT2D eigenvalue weighted by Crippen LogP contribution is 2.12. The van der Waals surface area contributed by atoms with Gasteiger partial charge in [0.15, 0.2) is 0 Å². The number of hydrogen-bond acceptors (Lipinski definition) is 3. The van der Waals surface area contributed by atoms with Gasteiger partial charge >= 0.3 is 0 Å². The lowest BCUT2D eigenvalue weighted by molar-refractivity contribution is 0.340. The first kappa shape index (κ1) is 10.7. The number of rotatable bonds is 5. The predicted octanol–water partition coefficient (Wildman–Crippen LogP) is 1.06. The van der Waals surface area contributed by atoms with Crippen LogP contribution in [-0.4, -0.2) is 18.9 Å². The van der Waals surface area contributed by atoms with E-state index in [4.69, 9.17) is 10.5 Å². The van der Waals surface area contributed by atoms with Crippen molar-refractivity contribution >= 4 is 6.29 Å². The Morgan fingerprint density at radius 3 is 2.57 bits per heavy atom. The molecule has 0 spiro atoms. The molecule has 0 amide bonds. The van der Waals surface area contributed by atoms with Crippen molar-refractivity contribution < 1.29 is 9.53 Å². The Morgan fingerprint density at radius 1 is 1.43 bits per heavy atom. The number of carbonyl (C=O) groups excluding carboxylic acids is 1. The Bertz CT molecular complexity index is 282. The molecular weight excluding hydrogens is 178 g/mol. The quantitative estimate of drug-likeness (QED) is 0.759. The van der Waals surface area contributed by atoms with Gasteiger partial charge in [-0.2, -0.15) is 0 Å². The summed E-state index contributed by atoms with van der Waals surface area (Å²) in [6.45, 7) is 2.59. The highest BCUT2D eigenvalue weighted by molar-refractivity contribution is 5.58. The van der Waals surface area contributed by atoms with Crippen LogP contribution in [0.1, 0.15) is 12.5 Å². The maximum atomic E-state index is 10.2. The number of ether oxygens (including phenoxy) is 1. The normalized spacial score (nSPS) is 12.1. The summed E-state index contributed by atoms with van der Waals surface area (Å²) >= 11 is 0. The first-order chi connectivity index (χ1) is 6.76. The average Bonchev–Trinajstić information content (AvgIpc) is 2.21. The molecule has 1 atom stereocenters. The molecule has 0 saturated carbocycles. The Morgan fingerprint density at radius 2 is 2.07 bits per heavy atom. The van der Waals surface area contributed by atoms with Crippen molar-refractivity contribution in [3.05, 3.63) is 29.8 Å². The van der Waals surface area contributed by atoms with E-state index < -0.39 is 6.04 Å². The monoisotopic (exact) mass is 192 g/mol.